The van der Waals surface area contributed by atoms with Crippen molar-refractivity contribution < 1.29 is 21.6 Å². The van der Waals surface area contributed by atoms with Crippen LogP contribution in [0.1, 0.15) is 12.8 Å². The van der Waals surface area contributed by atoms with Crippen LogP contribution in [0.4, 0.5) is 0 Å². The molecule has 2 saturated heterocycles. The molecule has 0 N–H and O–H groups in total. The van der Waals surface area contributed by atoms with Gasteiger partial charge < -0.3 is 4.74 Å². The molecule has 2 rings (SSSR count). The van der Waals surface area contributed by atoms with E-state index in [9.17, 15) is 16.8 Å². The Kier molecular flexibility index (Phi) is 2.17. The Bertz CT molecular complexity index is 435. The maximum atomic E-state index is 11.5. The van der Waals surface area contributed by atoms with Gasteiger partial charge in [-0.2, -0.15) is 0 Å². The smallest absolute Gasteiger partial charge is 0.0455 e. The molecule has 2 aliphatic heterocycles. The van der Waals surface area contributed by atoms with Crippen LogP contribution in [0.5, 0.6) is 0 Å². The molecule has 0 amide bonds. The SMILES string of the molecule is CS(=O)(=O)[C-]1C2OCCCC2S1(=O)=O. The zero-order chi connectivity index (χ0) is 10.6. The Labute approximate surface area is 83.3 Å². The van der Waals surface area contributed by atoms with Crippen molar-refractivity contribution in [1.29, 1.82) is 0 Å². The molecule has 5 nitrogen and oxygen atoms in total. The first-order valence-corrected chi connectivity index (χ1v) is 7.71. The molecule has 0 aromatic heterocycles. The summed E-state index contributed by atoms with van der Waals surface area (Å²) >= 11 is 0. The summed E-state index contributed by atoms with van der Waals surface area (Å²) in [7, 11) is -7.22. The van der Waals surface area contributed by atoms with E-state index in [4.69, 9.17) is 4.74 Å². The van der Waals surface area contributed by atoms with Crippen molar-refractivity contribution in [3.8, 4) is 0 Å². The van der Waals surface area contributed by atoms with Crippen LogP contribution in [-0.2, 0) is 24.4 Å². The number of hydrogen-bond acceptors (Lipinski definition) is 5. The summed E-state index contributed by atoms with van der Waals surface area (Å²) in [5.74, 6) is 0. The minimum Gasteiger partial charge on any atom is -0.407 e. The molecule has 0 spiro atoms. The maximum absolute atomic E-state index is 11.5. The first-order valence-electron chi connectivity index (χ1n) is 4.27. The topological polar surface area (TPSA) is 77.5 Å². The summed E-state index contributed by atoms with van der Waals surface area (Å²) in [6, 6.07) is 0. The third kappa shape index (κ3) is 1.30. The van der Waals surface area contributed by atoms with Gasteiger partial charge in [0.2, 0.25) is 0 Å². The number of fused-ring (bicyclic) bond motifs is 1. The fourth-order valence-corrected chi connectivity index (χ4v) is 6.40. The van der Waals surface area contributed by atoms with E-state index in [2.05, 4.69) is 0 Å². The van der Waals surface area contributed by atoms with Crippen LogP contribution in [0.25, 0.3) is 0 Å². The van der Waals surface area contributed by atoms with Crippen molar-refractivity contribution in [1.82, 2.24) is 0 Å². The van der Waals surface area contributed by atoms with Crippen molar-refractivity contribution in [2.24, 2.45) is 0 Å². The number of ether oxygens (including phenoxy) is 1. The van der Waals surface area contributed by atoms with E-state index in [1.807, 2.05) is 0 Å². The largest absolute Gasteiger partial charge is 0.407 e. The van der Waals surface area contributed by atoms with E-state index in [0.717, 1.165) is 6.26 Å². The van der Waals surface area contributed by atoms with Crippen LogP contribution in [-0.4, -0.2) is 41.1 Å². The predicted molar refractivity (Wildman–Crippen MR) is 49.8 cm³/mol. The molecule has 0 saturated carbocycles. The number of hydrogen-bond donors (Lipinski definition) is 0. The molecule has 7 heteroatoms. The number of sulfone groups is 2. The van der Waals surface area contributed by atoms with Crippen LogP contribution < -0.4 is 0 Å². The molecule has 0 aromatic rings. The quantitative estimate of drug-likeness (QED) is 0.576. The molecular formula is C7H11O5S2-. The molecule has 0 aromatic carbocycles. The summed E-state index contributed by atoms with van der Waals surface area (Å²) in [6.07, 6.45) is 1.39. The van der Waals surface area contributed by atoms with Gasteiger partial charge in [0, 0.05) is 37.8 Å². The summed E-state index contributed by atoms with van der Waals surface area (Å²) in [6.45, 7) is 0.440. The van der Waals surface area contributed by atoms with Crippen LogP contribution in [0.3, 0.4) is 0 Å². The van der Waals surface area contributed by atoms with E-state index >= 15 is 0 Å². The molecule has 2 fully saturated rings. The molecule has 0 bridgehead atoms. The van der Waals surface area contributed by atoms with Crippen LogP contribution in [0, 0.1) is 4.58 Å². The summed E-state index contributed by atoms with van der Waals surface area (Å²) in [4.78, 5) is 0. The zero-order valence-corrected chi connectivity index (χ0v) is 9.27. The van der Waals surface area contributed by atoms with Gasteiger partial charge in [-0.25, -0.2) is 0 Å². The van der Waals surface area contributed by atoms with Crippen LogP contribution >= 0.6 is 0 Å². The molecule has 2 atom stereocenters. The highest BCUT2D eigenvalue weighted by molar-refractivity contribution is 8.14. The van der Waals surface area contributed by atoms with E-state index in [1.54, 1.807) is 0 Å². The molecule has 0 aliphatic carbocycles. The second kappa shape index (κ2) is 2.93. The minimum atomic E-state index is -3.64. The summed E-state index contributed by atoms with van der Waals surface area (Å²) in [5, 5.41) is -0.624. The van der Waals surface area contributed by atoms with Crippen LogP contribution in [0.2, 0.25) is 0 Å². The van der Waals surface area contributed by atoms with E-state index < -0.39 is 35.6 Å². The van der Waals surface area contributed by atoms with Crippen molar-refractivity contribution in [3.63, 3.8) is 0 Å². The van der Waals surface area contributed by atoms with Gasteiger partial charge in [0.1, 0.15) is 0 Å². The maximum Gasteiger partial charge on any atom is 0.0455 e. The number of rotatable bonds is 1. The van der Waals surface area contributed by atoms with Gasteiger partial charge in [0.05, 0.1) is 0 Å². The van der Waals surface area contributed by atoms with Gasteiger partial charge >= 0.3 is 0 Å². The van der Waals surface area contributed by atoms with Crippen LogP contribution in [0.15, 0.2) is 0 Å². The third-order valence-electron chi connectivity index (χ3n) is 2.54. The fourth-order valence-electron chi connectivity index (χ4n) is 1.95. The highest BCUT2D eigenvalue weighted by Crippen LogP contribution is 2.46. The van der Waals surface area contributed by atoms with E-state index in [1.165, 1.54) is 0 Å². The van der Waals surface area contributed by atoms with Gasteiger partial charge in [-0.3, -0.25) is 16.8 Å². The van der Waals surface area contributed by atoms with Gasteiger partial charge in [-0.15, -0.1) is 0 Å². The lowest BCUT2D eigenvalue weighted by Gasteiger charge is -2.55. The lowest BCUT2D eigenvalue weighted by atomic mass is 10.1. The van der Waals surface area contributed by atoms with Gasteiger partial charge in [-0.05, 0) is 23.5 Å². The van der Waals surface area contributed by atoms with Crippen molar-refractivity contribution in [2.75, 3.05) is 12.9 Å². The summed E-state index contributed by atoms with van der Waals surface area (Å²) in [5.41, 5.74) is 0. The van der Waals surface area contributed by atoms with E-state index in [0.29, 0.717) is 19.4 Å². The van der Waals surface area contributed by atoms with Gasteiger partial charge in [0.25, 0.3) is 0 Å². The molecular weight excluding hydrogens is 228 g/mol. The standard InChI is InChI=1S/C7H11O5S2/c1-13(8,9)7-6-5(14(7,10)11)3-2-4-12-6/h5-6H,2-4H2,1H3/q-1. The second-order valence-corrected chi connectivity index (χ2v) is 7.99. The molecule has 14 heavy (non-hydrogen) atoms. The Morgan fingerprint density at radius 3 is 2.64 bits per heavy atom. The Balaban J connectivity index is 2.37. The first-order chi connectivity index (χ1) is 6.35. The third-order valence-corrected chi connectivity index (χ3v) is 7.19. The summed E-state index contributed by atoms with van der Waals surface area (Å²) < 4.78 is 50.2. The average Bonchev–Trinajstić information content (AvgIpc) is 2.00. The lowest BCUT2D eigenvalue weighted by Crippen LogP contribution is -2.60. The molecule has 2 heterocycles. The van der Waals surface area contributed by atoms with E-state index in [-0.39, 0.29) is 0 Å². The van der Waals surface area contributed by atoms with Crippen molar-refractivity contribution in [3.05, 3.63) is 4.58 Å². The van der Waals surface area contributed by atoms with Gasteiger partial charge in [0.15, 0.2) is 0 Å². The fraction of sp³-hybridized carbons (Fsp3) is 0.857. The Morgan fingerprint density at radius 1 is 1.43 bits per heavy atom. The second-order valence-electron chi connectivity index (χ2n) is 3.61. The Hall–Kier alpha value is -0.140. The van der Waals surface area contributed by atoms with Gasteiger partial charge in [-0.1, -0.05) is 0 Å². The van der Waals surface area contributed by atoms with Crippen molar-refractivity contribution >= 4 is 19.7 Å². The molecule has 0 radical (unpaired) electrons. The average molecular weight is 239 g/mol. The minimum absolute atomic E-state index is 0.422. The monoisotopic (exact) mass is 239 g/mol. The normalized spacial score (nSPS) is 37.2. The molecule has 82 valence electrons. The molecule has 2 unspecified atom stereocenters. The highest BCUT2D eigenvalue weighted by Gasteiger charge is 2.50. The first kappa shape index (κ1) is 10.4. The lowest BCUT2D eigenvalue weighted by molar-refractivity contribution is 0.0296. The van der Waals surface area contributed by atoms with Crippen molar-refractivity contribution in [2.45, 2.75) is 24.2 Å². The predicted octanol–water partition coefficient (Wildman–Crippen LogP) is -0.504. The Morgan fingerprint density at radius 2 is 2.07 bits per heavy atom. The molecule has 2 aliphatic rings. The zero-order valence-electron chi connectivity index (χ0n) is 7.63. The highest BCUT2D eigenvalue weighted by atomic mass is 32.3.